The van der Waals surface area contributed by atoms with Crippen molar-refractivity contribution in [2.75, 3.05) is 18.5 Å². The smallest absolute Gasteiger partial charge is 0.412 e. The minimum atomic E-state index is -0.679. The maximum Gasteiger partial charge on any atom is 0.412 e. The van der Waals surface area contributed by atoms with Crippen LogP contribution in [-0.4, -0.2) is 35.5 Å². The lowest BCUT2D eigenvalue weighted by molar-refractivity contribution is -0.124. The van der Waals surface area contributed by atoms with Crippen LogP contribution in [0, 0.1) is 5.41 Å². The molecule has 1 atom stereocenters. The molecule has 32 heavy (non-hydrogen) atoms. The lowest BCUT2D eigenvalue weighted by Crippen LogP contribution is -2.29. The molecule has 0 bridgehead atoms. The van der Waals surface area contributed by atoms with Crippen LogP contribution in [0.2, 0.25) is 0 Å². The Hall–Kier alpha value is -3.36. The molecular weight excluding hydrogens is 412 g/mol. The Labute approximate surface area is 187 Å². The number of allylic oxidation sites excluding steroid dienone is 1. The molecule has 2 rings (SSSR count). The van der Waals surface area contributed by atoms with Crippen molar-refractivity contribution in [3.8, 4) is 5.75 Å². The molecule has 8 nitrogen and oxygen atoms in total. The summed E-state index contributed by atoms with van der Waals surface area (Å²) in [4.78, 5) is 23.9. The van der Waals surface area contributed by atoms with Gasteiger partial charge in [-0.3, -0.25) is 15.3 Å². The number of anilines is 1. The zero-order valence-corrected chi connectivity index (χ0v) is 18.3. The summed E-state index contributed by atoms with van der Waals surface area (Å²) in [6.45, 7) is 3.88. The summed E-state index contributed by atoms with van der Waals surface area (Å²) in [6.07, 6.45) is 2.68. The second kappa shape index (κ2) is 12.5. The fourth-order valence-electron chi connectivity index (χ4n) is 3.22. The van der Waals surface area contributed by atoms with Gasteiger partial charge >= 0.3 is 6.09 Å². The van der Waals surface area contributed by atoms with Crippen LogP contribution in [-0.2, 0) is 9.53 Å². The molecule has 0 radical (unpaired) electrons. The van der Waals surface area contributed by atoms with Crippen LogP contribution in [0.25, 0.3) is 0 Å². The van der Waals surface area contributed by atoms with E-state index in [1.165, 1.54) is 6.08 Å². The van der Waals surface area contributed by atoms with Crippen LogP contribution in [0.3, 0.4) is 0 Å². The Morgan fingerprint density at radius 1 is 1.09 bits per heavy atom. The van der Waals surface area contributed by atoms with Crippen LogP contribution in [0.15, 0.2) is 66.7 Å². The maximum absolute atomic E-state index is 12.7. The normalized spacial score (nSPS) is 12.2. The van der Waals surface area contributed by atoms with Crippen LogP contribution in [0.5, 0.6) is 5.75 Å². The highest BCUT2D eigenvalue weighted by Gasteiger charge is 2.35. The van der Waals surface area contributed by atoms with Crippen molar-refractivity contribution in [1.82, 2.24) is 5.48 Å². The molecule has 0 aliphatic heterocycles. The van der Waals surface area contributed by atoms with E-state index in [2.05, 4.69) is 5.32 Å². The zero-order chi connectivity index (χ0) is 23.4. The molecule has 0 unspecified atom stereocenters. The SMILES string of the molecule is CC(C)(CC/C=C/C(=O)NO)[C@H](OC(=O)Nc1ccccc1)c1ccccc1OCCO. The largest absolute Gasteiger partial charge is 0.491 e. The maximum atomic E-state index is 12.7. The third-order valence-electron chi connectivity index (χ3n) is 4.84. The number of carbonyl (C=O) groups excluding carboxylic acids is 2. The van der Waals surface area contributed by atoms with E-state index in [9.17, 15) is 9.59 Å². The Kier molecular flexibility index (Phi) is 9.72. The summed E-state index contributed by atoms with van der Waals surface area (Å²) >= 11 is 0. The summed E-state index contributed by atoms with van der Waals surface area (Å²) in [5.41, 5.74) is 2.28. The van der Waals surface area contributed by atoms with Crippen molar-refractivity contribution >= 4 is 17.7 Å². The van der Waals surface area contributed by atoms with Gasteiger partial charge in [-0.25, -0.2) is 10.3 Å². The average Bonchev–Trinajstić information content (AvgIpc) is 2.79. The lowest BCUT2D eigenvalue weighted by Gasteiger charge is -2.35. The minimum Gasteiger partial charge on any atom is -0.491 e. The Balaban J connectivity index is 2.26. The molecule has 0 saturated heterocycles. The van der Waals surface area contributed by atoms with Gasteiger partial charge in [-0.1, -0.05) is 56.3 Å². The molecule has 0 spiro atoms. The van der Waals surface area contributed by atoms with Crippen molar-refractivity contribution in [3.63, 3.8) is 0 Å². The van der Waals surface area contributed by atoms with E-state index in [1.54, 1.807) is 35.8 Å². The summed E-state index contributed by atoms with van der Waals surface area (Å²) in [5, 5.41) is 20.5. The van der Waals surface area contributed by atoms with Crippen molar-refractivity contribution in [2.24, 2.45) is 5.41 Å². The summed E-state index contributed by atoms with van der Waals surface area (Å²) in [7, 11) is 0. The third kappa shape index (κ3) is 7.72. The number of amides is 2. The Morgan fingerprint density at radius 3 is 2.47 bits per heavy atom. The third-order valence-corrected chi connectivity index (χ3v) is 4.84. The van der Waals surface area contributed by atoms with Gasteiger partial charge in [-0.15, -0.1) is 0 Å². The number of para-hydroxylation sites is 2. The first-order valence-corrected chi connectivity index (χ1v) is 10.3. The van der Waals surface area contributed by atoms with Crippen LogP contribution in [0.1, 0.15) is 38.4 Å². The van der Waals surface area contributed by atoms with Crippen LogP contribution >= 0.6 is 0 Å². The van der Waals surface area contributed by atoms with Crippen LogP contribution < -0.4 is 15.5 Å². The fraction of sp³-hybridized carbons (Fsp3) is 0.333. The van der Waals surface area contributed by atoms with Crippen molar-refractivity contribution in [1.29, 1.82) is 0 Å². The van der Waals surface area contributed by atoms with E-state index < -0.39 is 23.5 Å². The van der Waals surface area contributed by atoms with E-state index in [-0.39, 0.29) is 13.2 Å². The predicted octanol–water partition coefficient (Wildman–Crippen LogP) is 4.22. The second-order valence-corrected chi connectivity index (χ2v) is 7.79. The molecule has 172 valence electrons. The molecule has 0 aromatic heterocycles. The monoisotopic (exact) mass is 442 g/mol. The summed E-state index contributed by atoms with van der Waals surface area (Å²) in [6, 6.07) is 16.2. The minimum absolute atomic E-state index is 0.110. The molecule has 0 heterocycles. The first-order valence-electron chi connectivity index (χ1n) is 10.3. The highest BCUT2D eigenvalue weighted by molar-refractivity contribution is 5.86. The fourth-order valence-corrected chi connectivity index (χ4v) is 3.22. The number of hydrogen-bond donors (Lipinski definition) is 4. The Morgan fingerprint density at radius 2 is 1.78 bits per heavy atom. The van der Waals surface area contributed by atoms with Gasteiger partial charge in [0.15, 0.2) is 0 Å². The number of benzene rings is 2. The van der Waals surface area contributed by atoms with Crippen molar-refractivity contribution in [2.45, 2.75) is 32.8 Å². The van der Waals surface area contributed by atoms with E-state index in [4.69, 9.17) is 19.8 Å². The van der Waals surface area contributed by atoms with E-state index in [0.717, 1.165) is 0 Å². The van der Waals surface area contributed by atoms with E-state index >= 15 is 0 Å². The van der Waals surface area contributed by atoms with Gasteiger partial charge in [0.1, 0.15) is 18.5 Å². The van der Waals surface area contributed by atoms with Crippen molar-refractivity contribution in [3.05, 3.63) is 72.3 Å². The molecule has 2 aromatic carbocycles. The Bertz CT molecular complexity index is 898. The highest BCUT2D eigenvalue weighted by Crippen LogP contribution is 2.44. The quantitative estimate of drug-likeness (QED) is 0.235. The molecule has 4 N–H and O–H groups in total. The van der Waals surface area contributed by atoms with Gasteiger partial charge in [-0.2, -0.15) is 0 Å². The predicted molar refractivity (Wildman–Crippen MR) is 120 cm³/mol. The molecule has 2 amide bonds. The summed E-state index contributed by atoms with van der Waals surface area (Å²) < 4.78 is 11.6. The van der Waals surface area contributed by atoms with Gasteiger partial charge in [0.05, 0.1) is 6.61 Å². The number of hydroxylamine groups is 1. The number of aliphatic hydroxyl groups excluding tert-OH is 1. The number of ether oxygens (including phenoxy) is 2. The number of nitrogens with one attached hydrogen (secondary N) is 2. The van der Waals surface area contributed by atoms with Crippen molar-refractivity contribution < 1.29 is 29.4 Å². The molecule has 8 heteroatoms. The lowest BCUT2D eigenvalue weighted by atomic mass is 9.78. The first-order chi connectivity index (χ1) is 15.4. The molecule has 0 aliphatic carbocycles. The second-order valence-electron chi connectivity index (χ2n) is 7.79. The number of hydrogen-bond acceptors (Lipinski definition) is 6. The highest BCUT2D eigenvalue weighted by atomic mass is 16.6. The first kappa shape index (κ1) is 24.9. The average molecular weight is 443 g/mol. The number of carbonyl (C=O) groups is 2. The molecule has 0 aliphatic rings. The molecular formula is C24H30N2O6. The van der Waals surface area contributed by atoms with E-state index in [0.29, 0.717) is 29.8 Å². The van der Waals surface area contributed by atoms with Crippen LogP contribution in [0.4, 0.5) is 10.5 Å². The van der Waals surface area contributed by atoms with E-state index in [1.807, 2.05) is 44.2 Å². The summed E-state index contributed by atoms with van der Waals surface area (Å²) in [5.74, 6) is -0.0945. The van der Waals surface area contributed by atoms with Gasteiger partial charge in [0.2, 0.25) is 0 Å². The zero-order valence-electron chi connectivity index (χ0n) is 18.3. The standard InChI is InChI=1S/C24H30N2O6/c1-24(2,15-9-8-14-21(28)26-30)22(19-12-6-7-13-20(19)31-17-16-27)32-23(29)25-18-10-4-3-5-11-18/h3-8,10-14,22,27,30H,9,15-17H2,1-2H3,(H,25,29)(H,26,28)/b14-8+/t22-/m1/s1. The van der Waals surface area contributed by atoms with Gasteiger partial charge < -0.3 is 14.6 Å². The molecule has 0 fully saturated rings. The topological polar surface area (TPSA) is 117 Å². The van der Waals surface area contributed by atoms with Gasteiger partial charge in [-0.05, 0) is 31.0 Å². The molecule has 0 saturated carbocycles. The number of aliphatic hydroxyl groups is 1. The van der Waals surface area contributed by atoms with Gasteiger partial charge in [0.25, 0.3) is 5.91 Å². The molecule has 2 aromatic rings. The number of rotatable bonds is 11. The van der Waals surface area contributed by atoms with Gasteiger partial charge in [0, 0.05) is 22.7 Å².